The molecule has 20 heteroatoms. The molecule has 3 unspecified atom stereocenters. The van der Waals surface area contributed by atoms with E-state index in [9.17, 15) is 43.3 Å². The normalized spacial score (nSPS) is 27.8. The second kappa shape index (κ2) is 11.4. The third-order valence-corrected chi connectivity index (χ3v) is 8.57. The lowest BCUT2D eigenvalue weighted by Gasteiger charge is -2.27. The van der Waals surface area contributed by atoms with Gasteiger partial charge in [-0.3, -0.25) is 18.9 Å². The SMILES string of the molecule is CCC(C)=CCC(OP(=O)(O)OP(=O)(O)OP(=O)(O)O)[C@H]1O[C@@H](n2ccc(=O)[nH]c2=O)[C@H](O)[C@@H]1O. The number of H-pyrrole nitrogens is 1. The fourth-order valence-corrected chi connectivity index (χ4v) is 6.23. The molecule has 35 heavy (non-hydrogen) atoms. The van der Waals surface area contributed by atoms with E-state index in [-0.39, 0.29) is 6.42 Å². The van der Waals surface area contributed by atoms with E-state index in [1.165, 1.54) is 6.08 Å². The lowest BCUT2D eigenvalue weighted by molar-refractivity contribution is -0.0823. The van der Waals surface area contributed by atoms with Gasteiger partial charge in [0.1, 0.15) is 24.4 Å². The van der Waals surface area contributed by atoms with Crippen LogP contribution in [0.4, 0.5) is 0 Å². The van der Waals surface area contributed by atoms with E-state index in [1.54, 1.807) is 13.8 Å². The number of phosphoric acid groups is 3. The molecule has 0 spiro atoms. The first-order valence-corrected chi connectivity index (χ1v) is 14.3. The van der Waals surface area contributed by atoms with Gasteiger partial charge < -0.3 is 34.5 Å². The highest BCUT2D eigenvalue weighted by atomic mass is 31.3. The lowest BCUT2D eigenvalue weighted by atomic mass is 10.0. The molecule has 17 nitrogen and oxygen atoms in total. The maximum Gasteiger partial charge on any atom is 0.490 e. The molecule has 0 aromatic carbocycles. The van der Waals surface area contributed by atoms with Crippen LogP contribution in [0, 0.1) is 0 Å². The van der Waals surface area contributed by atoms with E-state index >= 15 is 0 Å². The van der Waals surface area contributed by atoms with E-state index in [2.05, 4.69) is 8.62 Å². The molecule has 2 rings (SSSR count). The first-order valence-electron chi connectivity index (χ1n) is 9.75. The summed E-state index contributed by atoms with van der Waals surface area (Å²) in [7, 11) is -17.1. The summed E-state index contributed by atoms with van der Waals surface area (Å²) in [5.74, 6) is 0. The van der Waals surface area contributed by atoms with Crippen LogP contribution in [0.5, 0.6) is 0 Å². The summed E-state index contributed by atoms with van der Waals surface area (Å²) in [6.45, 7) is 3.47. The van der Waals surface area contributed by atoms with Crippen LogP contribution >= 0.6 is 23.5 Å². The van der Waals surface area contributed by atoms with Crippen molar-refractivity contribution in [3.8, 4) is 0 Å². The Morgan fingerprint density at radius 3 is 2.31 bits per heavy atom. The van der Waals surface area contributed by atoms with E-state index in [4.69, 9.17) is 19.0 Å². The Kier molecular flexibility index (Phi) is 9.75. The molecule has 2 heterocycles. The van der Waals surface area contributed by atoms with Gasteiger partial charge in [0, 0.05) is 12.3 Å². The maximum absolute atomic E-state index is 12.4. The van der Waals surface area contributed by atoms with Crippen LogP contribution in [-0.2, 0) is 31.6 Å². The molecule has 0 bridgehead atoms. The van der Waals surface area contributed by atoms with Crippen molar-refractivity contribution in [2.75, 3.05) is 0 Å². The third-order valence-electron chi connectivity index (χ3n) is 4.71. The van der Waals surface area contributed by atoms with Crippen molar-refractivity contribution in [1.29, 1.82) is 0 Å². The standard InChI is InChI=1S/C15H25N2O15P3/c1-3-8(2)4-5-9(30-34(25,26)32-35(27,28)31-33(22,23)24)13-11(19)12(20)14(29-13)17-7-6-10(18)16-15(17)21/h4,6-7,9,11-14,19-20H,3,5H2,1-2H3,(H,25,26)(H,27,28)(H,16,18,21)(H2,22,23,24)/t9?,11-,12+,13+,14+/m0/s1. The molecule has 1 fully saturated rings. The zero-order chi connectivity index (χ0) is 26.8. The summed E-state index contributed by atoms with van der Waals surface area (Å²) in [6, 6.07) is 0.939. The number of aromatic nitrogens is 2. The average molecular weight is 566 g/mol. The van der Waals surface area contributed by atoms with Gasteiger partial charge >= 0.3 is 29.2 Å². The van der Waals surface area contributed by atoms with Gasteiger partial charge in [0.25, 0.3) is 5.56 Å². The van der Waals surface area contributed by atoms with Crippen LogP contribution in [0.3, 0.4) is 0 Å². The van der Waals surface area contributed by atoms with Gasteiger partial charge in [-0.05, 0) is 19.8 Å². The molecule has 1 aliphatic rings. The van der Waals surface area contributed by atoms with Crippen molar-refractivity contribution in [2.24, 2.45) is 0 Å². The monoisotopic (exact) mass is 566 g/mol. The molecule has 0 saturated carbocycles. The van der Waals surface area contributed by atoms with Gasteiger partial charge in [-0.15, -0.1) is 0 Å². The minimum Gasteiger partial charge on any atom is -0.387 e. The van der Waals surface area contributed by atoms with Crippen molar-refractivity contribution in [2.45, 2.75) is 57.3 Å². The summed E-state index contributed by atoms with van der Waals surface area (Å²) < 4.78 is 53.3. The molecule has 1 aromatic rings. The minimum atomic E-state index is -5.81. The first kappa shape index (κ1) is 29.9. The second-order valence-corrected chi connectivity index (χ2v) is 11.7. The summed E-state index contributed by atoms with van der Waals surface area (Å²) in [4.78, 5) is 61.9. The number of aliphatic hydroxyl groups is 2. The van der Waals surface area contributed by atoms with Crippen molar-refractivity contribution in [3.63, 3.8) is 0 Å². The van der Waals surface area contributed by atoms with Gasteiger partial charge in [-0.25, -0.2) is 18.5 Å². The van der Waals surface area contributed by atoms with Crippen molar-refractivity contribution in [1.82, 2.24) is 9.55 Å². The summed E-state index contributed by atoms with van der Waals surface area (Å²) in [5, 5.41) is 20.9. The Bertz CT molecular complexity index is 1190. The maximum atomic E-state index is 12.4. The molecule has 1 aromatic heterocycles. The van der Waals surface area contributed by atoms with Crippen molar-refractivity contribution in [3.05, 3.63) is 44.8 Å². The Labute approximate surface area is 197 Å². The summed E-state index contributed by atoms with van der Waals surface area (Å²) in [6.07, 6.45) is -5.81. The number of phosphoric ester groups is 1. The number of aliphatic hydroxyl groups excluding tert-OH is 2. The number of rotatable bonds is 11. The number of hydrogen-bond donors (Lipinski definition) is 7. The van der Waals surface area contributed by atoms with Crippen LogP contribution in [0.1, 0.15) is 32.9 Å². The minimum absolute atomic E-state index is 0.287. The summed E-state index contributed by atoms with van der Waals surface area (Å²) >= 11 is 0. The van der Waals surface area contributed by atoms with Crippen LogP contribution < -0.4 is 11.2 Å². The van der Waals surface area contributed by atoms with Crippen molar-refractivity contribution < 1.29 is 61.4 Å². The molecule has 0 amide bonds. The second-order valence-electron chi connectivity index (χ2n) is 7.36. The number of nitrogens with zero attached hydrogens (tertiary/aromatic N) is 1. The molecule has 1 aliphatic heterocycles. The van der Waals surface area contributed by atoms with Gasteiger partial charge in [0.05, 0.1) is 0 Å². The zero-order valence-corrected chi connectivity index (χ0v) is 20.9. The first-order chi connectivity index (χ1) is 15.9. The van der Waals surface area contributed by atoms with Crippen LogP contribution in [0.15, 0.2) is 33.5 Å². The molecule has 0 radical (unpaired) electrons. The van der Waals surface area contributed by atoms with Crippen LogP contribution in [-0.4, -0.2) is 63.8 Å². The van der Waals surface area contributed by atoms with E-state index in [1.807, 2.05) is 4.98 Å². The topological polar surface area (TPSA) is 264 Å². The largest absolute Gasteiger partial charge is 0.490 e. The van der Waals surface area contributed by atoms with Gasteiger partial charge in [-0.1, -0.05) is 18.6 Å². The predicted molar refractivity (Wildman–Crippen MR) is 115 cm³/mol. The highest BCUT2D eigenvalue weighted by Gasteiger charge is 2.50. The quantitative estimate of drug-likeness (QED) is 0.133. The molecular formula is C15H25N2O15P3. The number of nitrogens with one attached hydrogen (secondary N) is 1. The van der Waals surface area contributed by atoms with Gasteiger partial charge in [-0.2, -0.15) is 8.62 Å². The smallest absolute Gasteiger partial charge is 0.387 e. The third kappa shape index (κ3) is 8.65. The molecule has 1 saturated heterocycles. The number of hydrogen-bond acceptors (Lipinski definition) is 11. The average Bonchev–Trinajstić information content (AvgIpc) is 2.97. The fourth-order valence-electron chi connectivity index (χ4n) is 3.02. The number of allylic oxidation sites excluding steroid dienone is 1. The Morgan fingerprint density at radius 1 is 1.14 bits per heavy atom. The Hall–Kier alpha value is -1.29. The molecule has 7 atom stereocenters. The molecule has 7 N–H and O–H groups in total. The van der Waals surface area contributed by atoms with E-state index in [0.717, 1.165) is 22.4 Å². The van der Waals surface area contributed by atoms with Gasteiger partial charge in [0.2, 0.25) is 0 Å². The Morgan fingerprint density at radius 2 is 1.77 bits per heavy atom. The molecular weight excluding hydrogens is 541 g/mol. The van der Waals surface area contributed by atoms with Crippen LogP contribution in [0.2, 0.25) is 0 Å². The highest BCUT2D eigenvalue weighted by Crippen LogP contribution is 2.66. The summed E-state index contributed by atoms with van der Waals surface area (Å²) in [5.41, 5.74) is -1.01. The number of ether oxygens (including phenoxy) is 1. The molecule has 200 valence electrons. The van der Waals surface area contributed by atoms with Crippen molar-refractivity contribution >= 4 is 23.5 Å². The van der Waals surface area contributed by atoms with Gasteiger partial charge in [0.15, 0.2) is 6.23 Å². The molecule has 0 aliphatic carbocycles. The van der Waals surface area contributed by atoms with E-state index in [0.29, 0.717) is 6.42 Å². The lowest BCUT2D eigenvalue weighted by Crippen LogP contribution is -2.40. The van der Waals surface area contributed by atoms with Crippen LogP contribution in [0.25, 0.3) is 0 Å². The zero-order valence-electron chi connectivity index (χ0n) is 18.2. The fraction of sp³-hybridized carbons (Fsp3) is 0.600. The predicted octanol–water partition coefficient (Wildman–Crippen LogP) is -0.386. The highest BCUT2D eigenvalue weighted by molar-refractivity contribution is 7.66. The van der Waals surface area contributed by atoms with E-state index < -0.39 is 65.4 Å². The number of aromatic amines is 1. The Balaban J connectivity index is 2.35.